The van der Waals surface area contributed by atoms with Gasteiger partial charge in [0, 0.05) is 13.6 Å². The number of likely N-dealkylation sites (N-methyl/N-ethyl adjacent to an activating group) is 1. The molecule has 0 saturated heterocycles. The van der Waals surface area contributed by atoms with Crippen LogP contribution in [0.5, 0.6) is 0 Å². The third-order valence-electron chi connectivity index (χ3n) is 4.30. The first-order valence-electron chi connectivity index (χ1n) is 8.65. The van der Waals surface area contributed by atoms with Crippen LogP contribution in [0.15, 0.2) is 54.6 Å². The number of aryl methyl sites for hydroxylation is 1. The summed E-state index contributed by atoms with van der Waals surface area (Å²) in [6.07, 6.45) is 0.868. The minimum atomic E-state index is -0.469. The number of rotatable bonds is 7. The Labute approximate surface area is 149 Å². The number of hydrogen-bond acceptors (Lipinski definition) is 2. The summed E-state index contributed by atoms with van der Waals surface area (Å²) in [5.74, 6) is -0.168. The number of carbonyl (C=O) groups excluding carboxylic acids is 2. The minimum Gasteiger partial charge on any atom is -0.357 e. The molecule has 0 bridgehead atoms. The lowest BCUT2D eigenvalue weighted by molar-refractivity contribution is -0.140. The monoisotopic (exact) mass is 338 g/mol. The van der Waals surface area contributed by atoms with Gasteiger partial charge in [-0.1, -0.05) is 67.1 Å². The van der Waals surface area contributed by atoms with Gasteiger partial charge in [-0.25, -0.2) is 0 Å². The van der Waals surface area contributed by atoms with Gasteiger partial charge >= 0.3 is 0 Å². The minimum absolute atomic E-state index is 0.0387. The van der Waals surface area contributed by atoms with Crippen LogP contribution >= 0.6 is 0 Å². The molecule has 25 heavy (non-hydrogen) atoms. The largest absolute Gasteiger partial charge is 0.357 e. The molecule has 1 unspecified atom stereocenters. The van der Waals surface area contributed by atoms with Crippen molar-refractivity contribution in [1.29, 1.82) is 0 Å². The maximum absolute atomic E-state index is 13.0. The summed E-state index contributed by atoms with van der Waals surface area (Å²) >= 11 is 0. The zero-order valence-corrected chi connectivity index (χ0v) is 15.2. The Kier molecular flexibility index (Phi) is 6.75. The van der Waals surface area contributed by atoms with E-state index in [1.54, 1.807) is 11.9 Å². The summed E-state index contributed by atoms with van der Waals surface area (Å²) in [6.45, 7) is 4.38. The highest BCUT2D eigenvalue weighted by Crippen LogP contribution is 2.15. The van der Waals surface area contributed by atoms with E-state index in [2.05, 4.69) is 5.32 Å². The molecule has 4 nitrogen and oxygen atoms in total. The number of nitrogens with one attached hydrogen (secondary N) is 1. The number of benzene rings is 2. The summed E-state index contributed by atoms with van der Waals surface area (Å²) < 4.78 is 0. The van der Waals surface area contributed by atoms with Crippen molar-refractivity contribution >= 4 is 11.8 Å². The van der Waals surface area contributed by atoms with Gasteiger partial charge in [0.25, 0.3) is 0 Å². The zero-order chi connectivity index (χ0) is 18.2. The molecule has 132 valence electrons. The molecule has 0 aliphatic rings. The van der Waals surface area contributed by atoms with Crippen LogP contribution in [0.1, 0.15) is 30.0 Å². The Balaban J connectivity index is 2.23. The number of hydrogen-bond donors (Lipinski definition) is 1. The average Bonchev–Trinajstić information content (AvgIpc) is 2.64. The number of nitrogens with zero attached hydrogens (tertiary/aromatic N) is 1. The van der Waals surface area contributed by atoms with E-state index >= 15 is 0 Å². The van der Waals surface area contributed by atoms with Gasteiger partial charge in [0.1, 0.15) is 6.04 Å². The average molecular weight is 338 g/mol. The molecule has 1 N–H and O–H groups in total. The molecule has 2 aromatic rings. The number of carbonyl (C=O) groups is 2. The lowest BCUT2D eigenvalue weighted by Crippen LogP contribution is -2.48. The van der Waals surface area contributed by atoms with Gasteiger partial charge in [0.2, 0.25) is 11.8 Å². The predicted octanol–water partition coefficient (Wildman–Crippen LogP) is 3.09. The van der Waals surface area contributed by atoms with Gasteiger partial charge in [-0.05, 0) is 24.5 Å². The number of amides is 2. The van der Waals surface area contributed by atoms with E-state index in [9.17, 15) is 9.59 Å². The van der Waals surface area contributed by atoms with Crippen LogP contribution in [0.4, 0.5) is 0 Å². The fourth-order valence-electron chi connectivity index (χ4n) is 2.85. The van der Waals surface area contributed by atoms with Crippen LogP contribution in [0.3, 0.4) is 0 Å². The molecule has 2 amide bonds. The molecule has 2 rings (SSSR count). The van der Waals surface area contributed by atoms with E-state index in [1.165, 1.54) is 0 Å². The first kappa shape index (κ1) is 18.7. The van der Waals surface area contributed by atoms with Gasteiger partial charge in [-0.3, -0.25) is 9.59 Å². The summed E-state index contributed by atoms with van der Waals surface area (Å²) in [4.78, 5) is 26.9. The summed E-state index contributed by atoms with van der Waals surface area (Å²) in [6, 6.07) is 17.2. The van der Waals surface area contributed by atoms with Crippen molar-refractivity contribution in [2.45, 2.75) is 39.3 Å². The molecule has 0 aliphatic carbocycles. The van der Waals surface area contributed by atoms with Crippen molar-refractivity contribution in [2.75, 3.05) is 7.05 Å². The van der Waals surface area contributed by atoms with Crippen LogP contribution in [-0.4, -0.2) is 29.8 Å². The quantitative estimate of drug-likeness (QED) is 0.843. The fraction of sp³-hybridized carbons (Fsp3) is 0.333. The highest BCUT2D eigenvalue weighted by atomic mass is 16.2. The second kappa shape index (κ2) is 9.02. The van der Waals surface area contributed by atoms with Crippen molar-refractivity contribution in [3.8, 4) is 0 Å². The van der Waals surface area contributed by atoms with E-state index < -0.39 is 6.04 Å². The molecule has 2 aromatic carbocycles. The van der Waals surface area contributed by atoms with Crippen LogP contribution in [0, 0.1) is 6.92 Å². The molecular formula is C21H26N2O2. The lowest BCUT2D eigenvalue weighted by Gasteiger charge is -2.30. The predicted molar refractivity (Wildman–Crippen MR) is 100 cm³/mol. The topological polar surface area (TPSA) is 49.4 Å². The standard InChI is InChI=1S/C21H26N2O2/c1-4-19(21(25)22-3)23(15-18-8-6-5-7-9-18)20(24)14-17-12-10-16(2)11-13-17/h5-13,19H,4,14-15H2,1-3H3,(H,22,25). The van der Waals surface area contributed by atoms with Crippen molar-refractivity contribution < 1.29 is 9.59 Å². The van der Waals surface area contributed by atoms with E-state index in [0.29, 0.717) is 19.4 Å². The Morgan fingerprint density at radius 1 is 1.00 bits per heavy atom. The van der Waals surface area contributed by atoms with Crippen molar-refractivity contribution in [1.82, 2.24) is 10.2 Å². The molecular weight excluding hydrogens is 312 g/mol. The van der Waals surface area contributed by atoms with Crippen molar-refractivity contribution in [3.63, 3.8) is 0 Å². The summed E-state index contributed by atoms with van der Waals surface area (Å²) in [5, 5.41) is 2.68. The molecule has 0 aromatic heterocycles. The second-order valence-electron chi connectivity index (χ2n) is 6.21. The highest BCUT2D eigenvalue weighted by Gasteiger charge is 2.27. The fourth-order valence-corrected chi connectivity index (χ4v) is 2.85. The zero-order valence-electron chi connectivity index (χ0n) is 15.2. The molecule has 0 heterocycles. The molecule has 4 heteroatoms. The normalized spacial score (nSPS) is 11.6. The first-order chi connectivity index (χ1) is 12.0. The Bertz CT molecular complexity index is 696. The van der Waals surface area contributed by atoms with Gasteiger partial charge in [0.05, 0.1) is 6.42 Å². The Morgan fingerprint density at radius 2 is 1.64 bits per heavy atom. The van der Waals surface area contributed by atoms with E-state index in [4.69, 9.17) is 0 Å². The second-order valence-corrected chi connectivity index (χ2v) is 6.21. The maximum atomic E-state index is 13.0. The summed E-state index contributed by atoms with van der Waals surface area (Å²) in [7, 11) is 1.61. The summed E-state index contributed by atoms with van der Waals surface area (Å²) in [5.41, 5.74) is 3.14. The van der Waals surface area contributed by atoms with Gasteiger partial charge in [-0.2, -0.15) is 0 Å². The van der Waals surface area contributed by atoms with E-state index in [0.717, 1.165) is 16.7 Å². The maximum Gasteiger partial charge on any atom is 0.242 e. The van der Waals surface area contributed by atoms with Gasteiger partial charge in [0.15, 0.2) is 0 Å². The van der Waals surface area contributed by atoms with E-state index in [-0.39, 0.29) is 11.8 Å². The Hall–Kier alpha value is -2.62. The first-order valence-corrected chi connectivity index (χ1v) is 8.65. The smallest absolute Gasteiger partial charge is 0.242 e. The molecule has 0 radical (unpaired) electrons. The highest BCUT2D eigenvalue weighted by molar-refractivity contribution is 5.88. The molecule has 0 aliphatic heterocycles. The van der Waals surface area contributed by atoms with Crippen LogP contribution in [0.25, 0.3) is 0 Å². The van der Waals surface area contributed by atoms with Gasteiger partial charge < -0.3 is 10.2 Å². The van der Waals surface area contributed by atoms with Crippen LogP contribution in [-0.2, 0) is 22.6 Å². The van der Waals surface area contributed by atoms with Crippen LogP contribution < -0.4 is 5.32 Å². The van der Waals surface area contributed by atoms with Crippen LogP contribution in [0.2, 0.25) is 0 Å². The van der Waals surface area contributed by atoms with Crippen molar-refractivity contribution in [3.05, 3.63) is 71.3 Å². The lowest BCUT2D eigenvalue weighted by atomic mass is 10.1. The van der Waals surface area contributed by atoms with Gasteiger partial charge in [-0.15, -0.1) is 0 Å². The molecule has 0 fully saturated rings. The Morgan fingerprint density at radius 3 is 2.20 bits per heavy atom. The molecule has 0 saturated carbocycles. The molecule has 0 spiro atoms. The van der Waals surface area contributed by atoms with Crippen molar-refractivity contribution in [2.24, 2.45) is 0 Å². The van der Waals surface area contributed by atoms with E-state index in [1.807, 2.05) is 68.4 Å². The SMILES string of the molecule is CCC(C(=O)NC)N(Cc1ccccc1)C(=O)Cc1ccc(C)cc1. The third-order valence-corrected chi connectivity index (χ3v) is 4.30. The molecule has 1 atom stereocenters. The third kappa shape index (κ3) is 5.18.